The predicted octanol–water partition coefficient (Wildman–Crippen LogP) is 3.75. The summed E-state index contributed by atoms with van der Waals surface area (Å²) in [6, 6.07) is 9.58. The van der Waals surface area contributed by atoms with Crippen molar-refractivity contribution in [2.24, 2.45) is 0 Å². The molecular weight excluding hydrogens is 220 g/mol. The number of nitrogens with one attached hydrogen (secondary N) is 2. The van der Waals surface area contributed by atoms with Gasteiger partial charge in [-0.05, 0) is 49.4 Å². The lowest BCUT2D eigenvalue weighted by molar-refractivity contribution is 0.389. The van der Waals surface area contributed by atoms with Crippen LogP contribution in [0.15, 0.2) is 24.3 Å². The molecule has 1 aliphatic rings. The lowest BCUT2D eigenvalue weighted by Crippen LogP contribution is -2.35. The fraction of sp³-hybridized carbons (Fsp3) is 0.625. The zero-order chi connectivity index (χ0) is 12.8. The minimum atomic E-state index is 0.616. The van der Waals surface area contributed by atoms with Crippen LogP contribution in [-0.4, -0.2) is 19.1 Å². The summed E-state index contributed by atoms with van der Waals surface area (Å²) < 4.78 is 0. The number of benzene rings is 1. The Morgan fingerprint density at radius 1 is 1.22 bits per heavy atom. The summed E-state index contributed by atoms with van der Waals surface area (Å²) in [7, 11) is 0. The molecule has 1 atom stereocenters. The minimum Gasteiger partial charge on any atom is -0.385 e. The van der Waals surface area contributed by atoms with E-state index in [1.165, 1.54) is 43.5 Å². The maximum Gasteiger partial charge on any atom is 0.0340 e. The SMILES string of the molecule is CC(C)c1ccc(NCCC2CCCCN2)cc1. The normalized spacial score (nSPS) is 20.1. The van der Waals surface area contributed by atoms with Crippen LogP contribution in [-0.2, 0) is 0 Å². The average Bonchev–Trinajstić information content (AvgIpc) is 2.40. The van der Waals surface area contributed by atoms with Crippen molar-refractivity contribution in [2.45, 2.75) is 51.5 Å². The highest BCUT2D eigenvalue weighted by Gasteiger charge is 2.11. The molecule has 100 valence electrons. The number of hydrogen-bond donors (Lipinski definition) is 2. The van der Waals surface area contributed by atoms with Crippen LogP contribution >= 0.6 is 0 Å². The van der Waals surface area contributed by atoms with Gasteiger partial charge in [0.15, 0.2) is 0 Å². The molecule has 0 spiro atoms. The summed E-state index contributed by atoms with van der Waals surface area (Å²) in [5.41, 5.74) is 2.66. The first kappa shape index (κ1) is 13.4. The number of rotatable bonds is 5. The Bertz CT molecular complexity index is 337. The molecule has 1 saturated heterocycles. The summed E-state index contributed by atoms with van der Waals surface area (Å²) in [5, 5.41) is 7.11. The predicted molar refractivity (Wildman–Crippen MR) is 79.3 cm³/mol. The smallest absolute Gasteiger partial charge is 0.0340 e. The van der Waals surface area contributed by atoms with Gasteiger partial charge in [-0.25, -0.2) is 0 Å². The fourth-order valence-electron chi connectivity index (χ4n) is 2.55. The Kier molecular flexibility index (Phi) is 5.06. The quantitative estimate of drug-likeness (QED) is 0.826. The van der Waals surface area contributed by atoms with Gasteiger partial charge in [-0.1, -0.05) is 32.4 Å². The highest BCUT2D eigenvalue weighted by Crippen LogP contribution is 2.17. The number of hydrogen-bond acceptors (Lipinski definition) is 2. The first-order valence-electron chi connectivity index (χ1n) is 7.33. The lowest BCUT2D eigenvalue weighted by atomic mass is 10.0. The molecule has 2 heteroatoms. The van der Waals surface area contributed by atoms with E-state index >= 15 is 0 Å². The zero-order valence-corrected chi connectivity index (χ0v) is 11.7. The summed E-state index contributed by atoms with van der Waals surface area (Å²) >= 11 is 0. The summed E-state index contributed by atoms with van der Waals surface area (Å²) in [6.45, 7) is 6.74. The van der Waals surface area contributed by atoms with Gasteiger partial charge in [0.25, 0.3) is 0 Å². The van der Waals surface area contributed by atoms with E-state index in [9.17, 15) is 0 Å². The fourth-order valence-corrected chi connectivity index (χ4v) is 2.55. The summed E-state index contributed by atoms with van der Waals surface area (Å²) in [6.07, 6.45) is 5.31. The second-order valence-electron chi connectivity index (χ2n) is 5.64. The van der Waals surface area contributed by atoms with Crippen LogP contribution in [0.1, 0.15) is 51.0 Å². The molecule has 2 nitrogen and oxygen atoms in total. The van der Waals surface area contributed by atoms with Crippen molar-refractivity contribution in [3.05, 3.63) is 29.8 Å². The largest absolute Gasteiger partial charge is 0.385 e. The van der Waals surface area contributed by atoms with E-state index < -0.39 is 0 Å². The molecule has 0 bridgehead atoms. The molecule has 1 unspecified atom stereocenters. The molecule has 1 aromatic carbocycles. The van der Waals surface area contributed by atoms with Gasteiger partial charge in [0, 0.05) is 18.3 Å². The Balaban J connectivity index is 1.72. The van der Waals surface area contributed by atoms with E-state index in [0.29, 0.717) is 5.92 Å². The van der Waals surface area contributed by atoms with Crippen LogP contribution in [0.5, 0.6) is 0 Å². The van der Waals surface area contributed by atoms with Crippen LogP contribution in [0.25, 0.3) is 0 Å². The molecule has 18 heavy (non-hydrogen) atoms. The molecule has 1 aromatic rings. The van der Waals surface area contributed by atoms with Gasteiger partial charge in [-0.2, -0.15) is 0 Å². The molecule has 1 aliphatic heterocycles. The first-order chi connectivity index (χ1) is 8.75. The van der Waals surface area contributed by atoms with Crippen LogP contribution in [0.3, 0.4) is 0 Å². The van der Waals surface area contributed by atoms with Crippen molar-refractivity contribution >= 4 is 5.69 Å². The maximum absolute atomic E-state index is 3.59. The van der Waals surface area contributed by atoms with Crippen molar-refractivity contribution in [1.82, 2.24) is 5.32 Å². The van der Waals surface area contributed by atoms with Crippen LogP contribution < -0.4 is 10.6 Å². The van der Waals surface area contributed by atoms with Crippen LogP contribution in [0.2, 0.25) is 0 Å². The second-order valence-corrected chi connectivity index (χ2v) is 5.64. The van der Waals surface area contributed by atoms with Gasteiger partial charge in [0.2, 0.25) is 0 Å². The maximum atomic E-state index is 3.59. The third-order valence-corrected chi connectivity index (χ3v) is 3.81. The monoisotopic (exact) mass is 246 g/mol. The van der Waals surface area contributed by atoms with Crippen LogP contribution in [0, 0.1) is 0 Å². The van der Waals surface area contributed by atoms with Crippen molar-refractivity contribution in [2.75, 3.05) is 18.4 Å². The van der Waals surface area contributed by atoms with E-state index in [1.807, 2.05) is 0 Å². The van der Waals surface area contributed by atoms with E-state index in [0.717, 1.165) is 12.6 Å². The molecule has 0 aliphatic carbocycles. The molecule has 1 fully saturated rings. The first-order valence-corrected chi connectivity index (χ1v) is 7.33. The summed E-state index contributed by atoms with van der Waals surface area (Å²) in [5.74, 6) is 0.616. The topological polar surface area (TPSA) is 24.1 Å². The number of anilines is 1. The Labute approximate surface area is 111 Å². The van der Waals surface area contributed by atoms with E-state index in [-0.39, 0.29) is 0 Å². The van der Waals surface area contributed by atoms with Crippen molar-refractivity contribution in [1.29, 1.82) is 0 Å². The highest BCUT2D eigenvalue weighted by molar-refractivity contribution is 5.45. The van der Waals surface area contributed by atoms with Crippen molar-refractivity contribution in [3.8, 4) is 0 Å². The zero-order valence-electron chi connectivity index (χ0n) is 11.7. The molecule has 2 rings (SSSR count). The van der Waals surface area contributed by atoms with Gasteiger partial charge in [-0.3, -0.25) is 0 Å². The molecule has 1 heterocycles. The molecule has 0 amide bonds. The molecule has 0 saturated carbocycles. The van der Waals surface area contributed by atoms with E-state index in [1.54, 1.807) is 0 Å². The Morgan fingerprint density at radius 3 is 2.61 bits per heavy atom. The molecule has 0 aromatic heterocycles. The molecular formula is C16H26N2. The van der Waals surface area contributed by atoms with Gasteiger partial charge in [-0.15, -0.1) is 0 Å². The van der Waals surface area contributed by atoms with Crippen LogP contribution in [0.4, 0.5) is 5.69 Å². The standard InChI is InChI=1S/C16H26N2/c1-13(2)14-6-8-16(9-7-14)18-12-10-15-5-3-4-11-17-15/h6-9,13,15,17-18H,3-5,10-12H2,1-2H3. The third-order valence-electron chi connectivity index (χ3n) is 3.81. The minimum absolute atomic E-state index is 0.616. The van der Waals surface area contributed by atoms with E-state index in [4.69, 9.17) is 0 Å². The van der Waals surface area contributed by atoms with Gasteiger partial charge in [0.05, 0.1) is 0 Å². The number of piperidine rings is 1. The lowest BCUT2D eigenvalue weighted by Gasteiger charge is -2.23. The Hall–Kier alpha value is -1.02. The highest BCUT2D eigenvalue weighted by atomic mass is 14.9. The Morgan fingerprint density at radius 2 is 2.00 bits per heavy atom. The van der Waals surface area contributed by atoms with Gasteiger partial charge >= 0.3 is 0 Å². The second kappa shape index (κ2) is 6.79. The summed E-state index contributed by atoms with van der Waals surface area (Å²) in [4.78, 5) is 0. The van der Waals surface area contributed by atoms with Gasteiger partial charge in [0.1, 0.15) is 0 Å². The molecule has 0 radical (unpaired) electrons. The van der Waals surface area contributed by atoms with Gasteiger partial charge < -0.3 is 10.6 Å². The van der Waals surface area contributed by atoms with E-state index in [2.05, 4.69) is 48.7 Å². The van der Waals surface area contributed by atoms with Crippen molar-refractivity contribution in [3.63, 3.8) is 0 Å². The van der Waals surface area contributed by atoms with Crippen molar-refractivity contribution < 1.29 is 0 Å². The third kappa shape index (κ3) is 4.02. The average molecular weight is 246 g/mol. The molecule has 2 N–H and O–H groups in total.